The van der Waals surface area contributed by atoms with Crippen molar-refractivity contribution in [3.63, 3.8) is 0 Å². The molecule has 3 aromatic heterocycles. The lowest BCUT2D eigenvalue weighted by Gasteiger charge is -2.43. The second kappa shape index (κ2) is 20.5. The van der Waals surface area contributed by atoms with Crippen LogP contribution in [0.15, 0.2) is 35.8 Å². The minimum absolute atomic E-state index is 0.0679. The van der Waals surface area contributed by atoms with Crippen molar-refractivity contribution in [3.05, 3.63) is 57.7 Å². The molecule has 9 rings (SSSR count). The van der Waals surface area contributed by atoms with E-state index in [1.165, 1.54) is 16.9 Å². The summed E-state index contributed by atoms with van der Waals surface area (Å²) in [6.07, 6.45) is 6.39. The first kappa shape index (κ1) is 49.2. The van der Waals surface area contributed by atoms with Crippen molar-refractivity contribution < 1.29 is 33.3 Å². The first-order chi connectivity index (χ1) is 32.8. The number of hydrogen-bond acceptors (Lipinski definition) is 13. The number of morpholine rings is 1. The number of nitrogens with two attached hydrogens (primary N) is 1. The summed E-state index contributed by atoms with van der Waals surface area (Å²) in [6, 6.07) is 9.40. The van der Waals surface area contributed by atoms with E-state index in [9.17, 15) is 9.59 Å². The molecular weight excluding hydrogens is 879 g/mol. The molecule has 2 unspecified atom stereocenters. The number of fused-ring (bicyclic) bond motifs is 6. The van der Waals surface area contributed by atoms with Gasteiger partial charge in [0.05, 0.1) is 49.6 Å². The summed E-state index contributed by atoms with van der Waals surface area (Å²) in [5.41, 5.74) is 17.1. The Kier molecular flexibility index (Phi) is 14.8. The molecule has 4 aromatic rings. The highest BCUT2D eigenvalue weighted by Crippen LogP contribution is 2.58. The van der Waals surface area contributed by atoms with E-state index in [4.69, 9.17) is 39.4 Å². The summed E-state index contributed by atoms with van der Waals surface area (Å²) in [5.74, 6) is 1.73. The highest BCUT2D eigenvalue weighted by atomic mass is 32.1. The van der Waals surface area contributed by atoms with Gasteiger partial charge in [-0.25, -0.2) is 10.4 Å². The van der Waals surface area contributed by atoms with Crippen LogP contribution in [0.5, 0.6) is 0 Å². The maximum atomic E-state index is 14.6. The fraction of sp³-hybridized carbons (Fsp3) is 0.660. The Bertz CT molecular complexity index is 2410. The molecule has 6 heterocycles. The maximum Gasteiger partial charge on any atom is 0.293 e. The third-order valence-corrected chi connectivity index (χ3v) is 17.1. The van der Waals surface area contributed by atoms with Gasteiger partial charge in [-0.2, -0.15) is 0 Å². The lowest BCUT2D eigenvalue weighted by molar-refractivity contribution is -0.149. The molecule has 2 aliphatic carbocycles. The van der Waals surface area contributed by atoms with Gasteiger partial charge < -0.3 is 34.0 Å². The molecule has 3 aliphatic heterocycles. The zero-order valence-corrected chi connectivity index (χ0v) is 42.4. The number of nitrogens with zero attached hydrogens (tertiary/aromatic N) is 5. The normalized spacial score (nSPS) is 26.5. The average molecular weight is 954 g/mol. The van der Waals surface area contributed by atoms with Crippen molar-refractivity contribution in [2.45, 2.75) is 135 Å². The van der Waals surface area contributed by atoms with Gasteiger partial charge in [0.1, 0.15) is 22.8 Å². The number of hydrazine groups is 1. The lowest BCUT2D eigenvalue weighted by Crippen LogP contribution is -2.63. The van der Waals surface area contributed by atoms with Crippen molar-refractivity contribution in [2.24, 2.45) is 28.9 Å². The van der Waals surface area contributed by atoms with E-state index < -0.39 is 23.2 Å². The lowest BCUT2D eigenvalue weighted by atomic mass is 9.67. The number of nitrogens with one attached hydrogen (secondary N) is 1. The third-order valence-electron chi connectivity index (χ3n) is 16.2. The number of methoxy groups -OCH3 is 1. The van der Waals surface area contributed by atoms with Gasteiger partial charge in [0, 0.05) is 90.9 Å². The van der Waals surface area contributed by atoms with E-state index in [1.807, 2.05) is 6.92 Å². The van der Waals surface area contributed by atoms with Gasteiger partial charge in [-0.1, -0.05) is 33.8 Å². The number of aromatic nitrogens is 3. The second-order valence-corrected chi connectivity index (χ2v) is 22.1. The number of hydrogen-bond donors (Lipinski definition) is 2. The van der Waals surface area contributed by atoms with Crippen molar-refractivity contribution in [2.75, 3.05) is 66.3 Å². The summed E-state index contributed by atoms with van der Waals surface area (Å²) in [7, 11) is 1.76. The van der Waals surface area contributed by atoms with Crippen LogP contribution in [0, 0.1) is 23.2 Å². The van der Waals surface area contributed by atoms with Gasteiger partial charge in [-0.3, -0.25) is 24.5 Å². The Balaban J connectivity index is 1.16. The first-order valence-corrected chi connectivity index (χ1v) is 26.3. The standard InChI is InChI=1S/C53H75N7O7S/c1-9-66-49(53(54,16-14-39-33(4)34(39)5)51(62)60-18-11-10-17-56-60)50-57-42(29-68-50)36-12-13-43-40(25-36)44-45(52(6,7)30-65-31-61)48(63-8)46-41(47(44)59(43)21-23-67-32(2)3)26-37(27-55-46)35-15-19-58-20-22-64-28-38(58)24-35/h12-13,25-27,29,31-35,38-39,45,48-49,56H,9-11,14-24,28,30,54H2,1-8H3/t33-,34+,35-,38+,39?,45?,48+,49-,53+/m1/s1. The Morgan fingerprint density at radius 2 is 1.94 bits per heavy atom. The number of benzene rings is 1. The number of pyridine rings is 1. The van der Waals surface area contributed by atoms with E-state index >= 15 is 0 Å². The quantitative estimate of drug-likeness (QED) is 0.0868. The highest BCUT2D eigenvalue weighted by molar-refractivity contribution is 7.10. The molecular formula is C53H75N7O7S. The topological polar surface area (TPSA) is 156 Å². The fourth-order valence-electron chi connectivity index (χ4n) is 12.2. The molecule has 9 atom stereocenters. The Labute approximate surface area is 406 Å². The van der Waals surface area contributed by atoms with Crippen LogP contribution in [0.4, 0.5) is 0 Å². The van der Waals surface area contributed by atoms with Crippen molar-refractivity contribution in [1.29, 1.82) is 0 Å². The Hall–Kier alpha value is -3.80. The van der Waals surface area contributed by atoms with Crippen LogP contribution in [0.3, 0.4) is 0 Å². The summed E-state index contributed by atoms with van der Waals surface area (Å²) < 4.78 is 33.3. The molecule has 1 amide bonds. The maximum absolute atomic E-state index is 14.6. The van der Waals surface area contributed by atoms with Gasteiger partial charge in [0.25, 0.3) is 12.4 Å². The molecule has 15 heteroatoms. The monoisotopic (exact) mass is 954 g/mol. The predicted molar refractivity (Wildman–Crippen MR) is 265 cm³/mol. The van der Waals surface area contributed by atoms with Crippen LogP contribution in [0.25, 0.3) is 33.4 Å². The minimum atomic E-state index is -1.31. The molecule has 370 valence electrons. The van der Waals surface area contributed by atoms with Gasteiger partial charge >= 0.3 is 0 Å². The van der Waals surface area contributed by atoms with Gasteiger partial charge in [0.15, 0.2) is 0 Å². The summed E-state index contributed by atoms with van der Waals surface area (Å²) in [5, 5.41) is 5.57. The second-order valence-electron chi connectivity index (χ2n) is 21.2. The summed E-state index contributed by atoms with van der Waals surface area (Å²) in [6.45, 7) is 22.2. The zero-order valence-electron chi connectivity index (χ0n) is 41.6. The number of thiazole rings is 1. The predicted octanol–water partition coefficient (Wildman–Crippen LogP) is 8.40. The van der Waals surface area contributed by atoms with Gasteiger partial charge in [0.2, 0.25) is 0 Å². The first-order valence-electron chi connectivity index (χ1n) is 25.4. The number of rotatable bonds is 19. The summed E-state index contributed by atoms with van der Waals surface area (Å²) in [4.78, 5) is 39.7. The molecule has 3 saturated heterocycles. The number of carbonyl (C=O) groups excluding carboxylic acids is 2. The molecule has 0 radical (unpaired) electrons. The number of carbonyl (C=O) groups is 2. The van der Waals surface area contributed by atoms with Crippen molar-refractivity contribution >= 4 is 34.6 Å². The van der Waals surface area contributed by atoms with Gasteiger partial charge in [-0.05, 0) is 119 Å². The smallest absolute Gasteiger partial charge is 0.293 e. The van der Waals surface area contributed by atoms with E-state index in [0.717, 1.165) is 110 Å². The molecule has 0 bridgehead atoms. The van der Waals surface area contributed by atoms with Crippen LogP contribution in [0.1, 0.15) is 133 Å². The average Bonchev–Trinajstić information content (AvgIpc) is 3.63. The Morgan fingerprint density at radius 3 is 2.66 bits per heavy atom. The molecule has 3 N–H and O–H groups in total. The molecule has 0 spiro atoms. The van der Waals surface area contributed by atoms with Crippen LogP contribution >= 0.6 is 11.3 Å². The van der Waals surface area contributed by atoms with E-state index in [1.54, 1.807) is 12.1 Å². The number of amides is 1. The molecule has 1 saturated carbocycles. The largest absolute Gasteiger partial charge is 0.467 e. The molecule has 68 heavy (non-hydrogen) atoms. The van der Waals surface area contributed by atoms with Gasteiger partial charge in [-0.15, -0.1) is 11.3 Å². The molecule has 1 aromatic carbocycles. The molecule has 14 nitrogen and oxygen atoms in total. The zero-order chi connectivity index (χ0) is 47.9. The number of ether oxygens (including phenoxy) is 5. The van der Waals surface area contributed by atoms with E-state index in [0.29, 0.717) is 73.9 Å². The van der Waals surface area contributed by atoms with Crippen molar-refractivity contribution in [1.82, 2.24) is 29.9 Å². The van der Waals surface area contributed by atoms with E-state index in [2.05, 4.69) is 92.3 Å². The van der Waals surface area contributed by atoms with Crippen LogP contribution in [-0.2, 0) is 39.8 Å². The summed E-state index contributed by atoms with van der Waals surface area (Å²) >= 11 is 1.50. The van der Waals surface area contributed by atoms with Crippen LogP contribution < -0.4 is 11.2 Å². The van der Waals surface area contributed by atoms with Crippen molar-refractivity contribution in [3.8, 4) is 22.5 Å². The minimum Gasteiger partial charge on any atom is -0.467 e. The van der Waals surface area contributed by atoms with Crippen LogP contribution in [0.2, 0.25) is 0 Å². The third kappa shape index (κ3) is 9.43. The molecule has 5 aliphatic rings. The molecule has 4 fully saturated rings. The number of piperidine rings is 1. The fourth-order valence-corrected chi connectivity index (χ4v) is 13.1. The highest BCUT2D eigenvalue weighted by Gasteiger charge is 2.51. The SMILES string of the molecule is CCO[C@H](c1nc(-c2ccc3c(c2)c2c(n3CCOC(C)C)-c3cc([C@@H]4CCN5CCOC[C@@H]5C4)cnc3[C@@H](OC)C2C(C)(C)COC=O)cs1)[C@@](N)(CCC1[C@@H](C)[C@H]1C)C(=O)N1CCCCN1. The van der Waals surface area contributed by atoms with E-state index in [-0.39, 0.29) is 24.5 Å². The van der Waals surface area contributed by atoms with Crippen LogP contribution in [-0.4, -0.2) is 121 Å². The Morgan fingerprint density at radius 1 is 1.12 bits per heavy atom.